The van der Waals surface area contributed by atoms with Crippen LogP contribution in [0.5, 0.6) is 0 Å². The average Bonchev–Trinajstić information content (AvgIpc) is 2.87. The molecule has 0 spiro atoms. The van der Waals surface area contributed by atoms with Crippen molar-refractivity contribution in [2.75, 3.05) is 0 Å². The molecule has 0 aromatic carbocycles. The predicted octanol–water partition coefficient (Wildman–Crippen LogP) is 2.94. The monoisotopic (exact) mass is 278 g/mol. The van der Waals surface area contributed by atoms with Gasteiger partial charge in [-0.25, -0.2) is 4.98 Å². The highest BCUT2D eigenvalue weighted by Gasteiger charge is 2.32. The molecule has 0 bridgehead atoms. The second-order valence-electron chi connectivity index (χ2n) is 4.43. The van der Waals surface area contributed by atoms with Crippen molar-refractivity contribution in [1.82, 2.24) is 9.88 Å². The SMILES string of the molecule is O=C(Cc1cccs1)N(Cc1nccs1)C1CC1. The van der Waals surface area contributed by atoms with E-state index in [2.05, 4.69) is 4.98 Å². The Morgan fingerprint density at radius 3 is 2.89 bits per heavy atom. The summed E-state index contributed by atoms with van der Waals surface area (Å²) in [6, 6.07) is 4.47. The Kier molecular flexibility index (Phi) is 3.43. The van der Waals surface area contributed by atoms with E-state index in [-0.39, 0.29) is 5.91 Å². The van der Waals surface area contributed by atoms with E-state index in [9.17, 15) is 4.79 Å². The third-order valence-electron chi connectivity index (χ3n) is 3.00. The number of rotatable bonds is 5. The minimum Gasteiger partial charge on any atom is -0.333 e. The molecule has 2 aromatic rings. The van der Waals surface area contributed by atoms with Gasteiger partial charge in [-0.3, -0.25) is 4.79 Å². The zero-order chi connectivity index (χ0) is 12.4. The van der Waals surface area contributed by atoms with E-state index in [1.54, 1.807) is 28.9 Å². The number of nitrogens with zero attached hydrogens (tertiary/aromatic N) is 2. The van der Waals surface area contributed by atoms with Gasteiger partial charge in [0.25, 0.3) is 0 Å². The molecule has 2 aromatic heterocycles. The van der Waals surface area contributed by atoms with Crippen LogP contribution in [0.25, 0.3) is 0 Å². The highest BCUT2D eigenvalue weighted by atomic mass is 32.1. The lowest BCUT2D eigenvalue weighted by Crippen LogP contribution is -2.33. The number of carbonyl (C=O) groups is 1. The summed E-state index contributed by atoms with van der Waals surface area (Å²) in [7, 11) is 0. The van der Waals surface area contributed by atoms with Gasteiger partial charge in [0.1, 0.15) is 5.01 Å². The maximum atomic E-state index is 12.3. The summed E-state index contributed by atoms with van der Waals surface area (Å²) >= 11 is 3.27. The quantitative estimate of drug-likeness (QED) is 0.842. The normalized spacial score (nSPS) is 14.7. The van der Waals surface area contributed by atoms with Crippen molar-refractivity contribution in [1.29, 1.82) is 0 Å². The number of hydrogen-bond acceptors (Lipinski definition) is 4. The van der Waals surface area contributed by atoms with Gasteiger partial charge >= 0.3 is 0 Å². The topological polar surface area (TPSA) is 33.2 Å². The smallest absolute Gasteiger partial charge is 0.228 e. The van der Waals surface area contributed by atoms with Crippen molar-refractivity contribution in [2.24, 2.45) is 0 Å². The molecule has 0 atom stereocenters. The zero-order valence-corrected chi connectivity index (χ0v) is 11.5. The lowest BCUT2D eigenvalue weighted by Gasteiger charge is -2.21. The van der Waals surface area contributed by atoms with Crippen molar-refractivity contribution in [3.8, 4) is 0 Å². The first-order valence-corrected chi connectivity index (χ1v) is 7.79. The molecule has 3 rings (SSSR count). The van der Waals surface area contributed by atoms with Crippen LogP contribution in [0.4, 0.5) is 0 Å². The van der Waals surface area contributed by atoms with Crippen molar-refractivity contribution in [2.45, 2.75) is 31.8 Å². The minimum absolute atomic E-state index is 0.232. The molecule has 3 nitrogen and oxygen atoms in total. The molecule has 0 aliphatic heterocycles. The number of amides is 1. The third kappa shape index (κ3) is 2.79. The molecule has 1 aliphatic rings. The van der Waals surface area contributed by atoms with E-state index in [1.165, 1.54) is 0 Å². The molecule has 0 saturated heterocycles. The maximum absolute atomic E-state index is 12.3. The second-order valence-corrected chi connectivity index (χ2v) is 6.45. The van der Waals surface area contributed by atoms with Crippen LogP contribution in [0.2, 0.25) is 0 Å². The largest absolute Gasteiger partial charge is 0.333 e. The Hall–Kier alpha value is -1.20. The van der Waals surface area contributed by atoms with Crippen molar-refractivity contribution < 1.29 is 4.79 Å². The van der Waals surface area contributed by atoms with Gasteiger partial charge in [-0.05, 0) is 24.3 Å². The molecular formula is C13H14N2OS2. The summed E-state index contributed by atoms with van der Waals surface area (Å²) in [6.45, 7) is 0.673. The van der Waals surface area contributed by atoms with E-state index in [1.807, 2.05) is 27.8 Å². The fourth-order valence-electron chi connectivity index (χ4n) is 1.95. The number of aromatic nitrogens is 1. The lowest BCUT2D eigenvalue weighted by atomic mass is 10.3. The number of carbonyl (C=O) groups excluding carboxylic acids is 1. The minimum atomic E-state index is 0.232. The molecule has 1 saturated carbocycles. The summed E-state index contributed by atoms with van der Waals surface area (Å²) in [5.41, 5.74) is 0. The Morgan fingerprint density at radius 1 is 1.39 bits per heavy atom. The Labute approximate surface area is 114 Å². The van der Waals surface area contributed by atoms with Crippen LogP contribution in [0, 0.1) is 0 Å². The van der Waals surface area contributed by atoms with E-state index < -0.39 is 0 Å². The fourth-order valence-corrected chi connectivity index (χ4v) is 3.26. The van der Waals surface area contributed by atoms with Crippen LogP contribution in [0.3, 0.4) is 0 Å². The molecule has 0 N–H and O–H groups in total. The van der Waals surface area contributed by atoms with Gasteiger partial charge in [0.15, 0.2) is 0 Å². The number of thiophene rings is 1. The van der Waals surface area contributed by atoms with Gasteiger partial charge in [0, 0.05) is 22.5 Å². The first-order valence-electron chi connectivity index (χ1n) is 6.03. The molecule has 0 radical (unpaired) electrons. The van der Waals surface area contributed by atoms with Crippen molar-refractivity contribution in [3.63, 3.8) is 0 Å². The summed E-state index contributed by atoms with van der Waals surface area (Å²) in [4.78, 5) is 19.7. The van der Waals surface area contributed by atoms with E-state index in [0.29, 0.717) is 19.0 Å². The van der Waals surface area contributed by atoms with E-state index in [0.717, 1.165) is 22.7 Å². The molecule has 1 fully saturated rings. The highest BCUT2D eigenvalue weighted by molar-refractivity contribution is 7.10. The second kappa shape index (κ2) is 5.20. The maximum Gasteiger partial charge on any atom is 0.228 e. The fraction of sp³-hybridized carbons (Fsp3) is 0.385. The van der Waals surface area contributed by atoms with Gasteiger partial charge in [0.05, 0.1) is 13.0 Å². The third-order valence-corrected chi connectivity index (χ3v) is 4.64. The Balaban J connectivity index is 1.67. The van der Waals surface area contributed by atoms with E-state index >= 15 is 0 Å². The average molecular weight is 278 g/mol. The van der Waals surface area contributed by atoms with Gasteiger partial charge in [-0.15, -0.1) is 22.7 Å². The van der Waals surface area contributed by atoms with Crippen LogP contribution in [-0.2, 0) is 17.8 Å². The first-order chi connectivity index (χ1) is 8.83. The van der Waals surface area contributed by atoms with E-state index in [4.69, 9.17) is 0 Å². The number of thiazole rings is 1. The molecule has 1 aliphatic carbocycles. The molecule has 2 heterocycles. The first kappa shape index (κ1) is 11.9. The van der Waals surface area contributed by atoms with Gasteiger partial charge in [0.2, 0.25) is 5.91 Å². The molecule has 5 heteroatoms. The summed E-state index contributed by atoms with van der Waals surface area (Å²) in [5.74, 6) is 0.232. The highest BCUT2D eigenvalue weighted by Crippen LogP contribution is 2.29. The van der Waals surface area contributed by atoms with Crippen molar-refractivity contribution in [3.05, 3.63) is 39.0 Å². The Bertz CT molecular complexity index is 503. The van der Waals surface area contributed by atoms with Crippen molar-refractivity contribution >= 4 is 28.6 Å². The molecule has 0 unspecified atom stereocenters. The van der Waals surface area contributed by atoms with Crippen LogP contribution in [0.1, 0.15) is 22.7 Å². The summed E-state index contributed by atoms with van der Waals surface area (Å²) < 4.78 is 0. The number of hydrogen-bond donors (Lipinski definition) is 0. The van der Waals surface area contributed by atoms with Gasteiger partial charge in [-0.1, -0.05) is 6.07 Å². The Morgan fingerprint density at radius 2 is 2.28 bits per heavy atom. The standard InChI is InChI=1S/C13H14N2OS2/c16-13(8-11-2-1-6-17-11)15(10-3-4-10)9-12-14-5-7-18-12/h1-2,5-7,10H,3-4,8-9H2. The lowest BCUT2D eigenvalue weighted by molar-refractivity contribution is -0.131. The van der Waals surface area contributed by atoms with Crippen LogP contribution < -0.4 is 0 Å². The van der Waals surface area contributed by atoms with Crippen LogP contribution >= 0.6 is 22.7 Å². The predicted molar refractivity (Wildman–Crippen MR) is 73.7 cm³/mol. The molecule has 94 valence electrons. The summed E-state index contributed by atoms with van der Waals surface area (Å²) in [5, 5.41) is 5.01. The van der Waals surface area contributed by atoms with Gasteiger partial charge in [-0.2, -0.15) is 0 Å². The zero-order valence-electron chi connectivity index (χ0n) is 9.91. The summed E-state index contributed by atoms with van der Waals surface area (Å²) in [6.07, 6.45) is 4.61. The molecule has 18 heavy (non-hydrogen) atoms. The molecular weight excluding hydrogens is 264 g/mol. The molecule has 1 amide bonds. The van der Waals surface area contributed by atoms with Crippen LogP contribution in [0.15, 0.2) is 29.1 Å². The van der Waals surface area contributed by atoms with Crippen LogP contribution in [-0.4, -0.2) is 21.8 Å². The van der Waals surface area contributed by atoms with Gasteiger partial charge < -0.3 is 4.90 Å².